The Bertz CT molecular complexity index is 1080. The topological polar surface area (TPSA) is 124 Å². The van der Waals surface area contributed by atoms with Crippen molar-refractivity contribution >= 4 is 17.8 Å². The molecule has 1 saturated carbocycles. The number of aromatic nitrogens is 3. The molecule has 0 atom stereocenters. The zero-order chi connectivity index (χ0) is 21.1. The lowest BCUT2D eigenvalue weighted by Gasteiger charge is -2.11. The van der Waals surface area contributed by atoms with Gasteiger partial charge < -0.3 is 21.1 Å². The van der Waals surface area contributed by atoms with Gasteiger partial charge in [-0.3, -0.25) is 9.78 Å². The highest BCUT2D eigenvalue weighted by molar-refractivity contribution is 5.95. The van der Waals surface area contributed by atoms with Crippen LogP contribution in [-0.2, 0) is 6.54 Å². The van der Waals surface area contributed by atoms with Crippen molar-refractivity contribution < 1.29 is 14.3 Å². The summed E-state index contributed by atoms with van der Waals surface area (Å²) >= 11 is 0. The number of anilines is 1. The number of nitrogen functional groups attached to an aromatic ring is 1. The standard InChI is InChI=1S/C21H22N6O3/c1-13-5-6-14(20(28)26-15-7-8-15)10-17(13)27-19(22)18(12-25-27)30-21(29)24-11-16-4-2-3-9-23-16/h2-6,9-10,12,15H,7-8,11,22H2,1H3,(H,24,29)(H,26,28). The number of nitrogens with two attached hydrogens (primary N) is 1. The number of hydrogen-bond donors (Lipinski definition) is 3. The van der Waals surface area contributed by atoms with Gasteiger partial charge in [-0.15, -0.1) is 0 Å². The smallest absolute Gasteiger partial charge is 0.405 e. The van der Waals surface area contributed by atoms with Crippen molar-refractivity contribution in [2.45, 2.75) is 32.4 Å². The van der Waals surface area contributed by atoms with Crippen LogP contribution in [0.15, 0.2) is 48.8 Å². The largest absolute Gasteiger partial charge is 0.413 e. The molecule has 4 N–H and O–H groups in total. The van der Waals surface area contributed by atoms with E-state index in [2.05, 4.69) is 20.7 Å². The summed E-state index contributed by atoms with van der Waals surface area (Å²) in [6.45, 7) is 2.12. The lowest BCUT2D eigenvalue weighted by Crippen LogP contribution is -2.26. The van der Waals surface area contributed by atoms with Crippen molar-refractivity contribution in [1.29, 1.82) is 0 Å². The molecule has 1 aliphatic rings. The molecule has 0 saturated heterocycles. The molecule has 0 unspecified atom stereocenters. The maximum Gasteiger partial charge on any atom is 0.413 e. The predicted octanol–water partition coefficient (Wildman–Crippen LogP) is 2.34. The van der Waals surface area contributed by atoms with Gasteiger partial charge in [0.05, 0.1) is 24.1 Å². The summed E-state index contributed by atoms with van der Waals surface area (Å²) in [5, 5.41) is 9.81. The molecule has 9 heteroatoms. The monoisotopic (exact) mass is 406 g/mol. The van der Waals surface area contributed by atoms with E-state index < -0.39 is 6.09 Å². The fourth-order valence-corrected chi connectivity index (χ4v) is 2.89. The van der Waals surface area contributed by atoms with Crippen molar-refractivity contribution in [3.8, 4) is 11.4 Å². The fraction of sp³-hybridized carbons (Fsp3) is 0.238. The number of rotatable bonds is 6. The summed E-state index contributed by atoms with van der Waals surface area (Å²) in [6, 6.07) is 11.0. The Morgan fingerprint density at radius 2 is 2.10 bits per heavy atom. The number of carbonyl (C=O) groups is 2. The van der Waals surface area contributed by atoms with Gasteiger partial charge in [-0.1, -0.05) is 12.1 Å². The Labute approximate surface area is 173 Å². The highest BCUT2D eigenvalue weighted by Crippen LogP contribution is 2.27. The van der Waals surface area contributed by atoms with E-state index in [0.29, 0.717) is 16.9 Å². The van der Waals surface area contributed by atoms with Crippen molar-refractivity contribution in [2.24, 2.45) is 0 Å². The summed E-state index contributed by atoms with van der Waals surface area (Å²) < 4.78 is 6.73. The summed E-state index contributed by atoms with van der Waals surface area (Å²) in [4.78, 5) is 28.6. The summed E-state index contributed by atoms with van der Waals surface area (Å²) in [5.41, 5.74) is 8.90. The molecule has 1 aromatic carbocycles. The molecule has 30 heavy (non-hydrogen) atoms. The van der Waals surface area contributed by atoms with Crippen molar-refractivity contribution in [3.05, 3.63) is 65.6 Å². The molecule has 2 amide bonds. The van der Waals surface area contributed by atoms with Crippen LogP contribution in [0.5, 0.6) is 5.75 Å². The average molecular weight is 406 g/mol. The molecule has 0 bridgehead atoms. The molecular weight excluding hydrogens is 384 g/mol. The molecule has 3 aromatic rings. The van der Waals surface area contributed by atoms with Crippen LogP contribution in [-0.4, -0.2) is 32.8 Å². The normalized spacial score (nSPS) is 13.0. The Hall–Kier alpha value is -3.88. The lowest BCUT2D eigenvalue weighted by molar-refractivity contribution is 0.0951. The number of aryl methyl sites for hydroxylation is 1. The van der Waals surface area contributed by atoms with Gasteiger partial charge in [0, 0.05) is 17.8 Å². The summed E-state index contributed by atoms with van der Waals surface area (Å²) in [6.07, 6.45) is 4.37. The van der Waals surface area contributed by atoms with E-state index in [1.54, 1.807) is 30.5 Å². The third kappa shape index (κ3) is 4.40. The molecule has 0 spiro atoms. The van der Waals surface area contributed by atoms with Gasteiger partial charge in [-0.25, -0.2) is 9.48 Å². The molecular formula is C21H22N6O3. The fourth-order valence-electron chi connectivity index (χ4n) is 2.89. The van der Waals surface area contributed by atoms with Crippen LogP contribution >= 0.6 is 0 Å². The van der Waals surface area contributed by atoms with Crippen LogP contribution in [0.1, 0.15) is 34.5 Å². The quantitative estimate of drug-likeness (QED) is 0.577. The summed E-state index contributed by atoms with van der Waals surface area (Å²) in [7, 11) is 0. The van der Waals surface area contributed by atoms with E-state index in [-0.39, 0.29) is 30.1 Å². The molecule has 9 nitrogen and oxygen atoms in total. The Kier molecular flexibility index (Phi) is 5.34. The van der Waals surface area contributed by atoms with Crippen LogP contribution in [0.2, 0.25) is 0 Å². The minimum absolute atomic E-state index is 0.126. The van der Waals surface area contributed by atoms with Gasteiger partial charge in [0.15, 0.2) is 11.6 Å². The second-order valence-corrected chi connectivity index (χ2v) is 7.12. The van der Waals surface area contributed by atoms with Crippen LogP contribution in [0.3, 0.4) is 0 Å². The zero-order valence-electron chi connectivity index (χ0n) is 16.5. The first-order valence-corrected chi connectivity index (χ1v) is 9.62. The van der Waals surface area contributed by atoms with Gasteiger partial charge in [0.25, 0.3) is 5.91 Å². The molecule has 2 heterocycles. The van der Waals surface area contributed by atoms with E-state index in [4.69, 9.17) is 10.5 Å². The van der Waals surface area contributed by atoms with E-state index >= 15 is 0 Å². The predicted molar refractivity (Wildman–Crippen MR) is 110 cm³/mol. The van der Waals surface area contributed by atoms with E-state index in [1.807, 2.05) is 19.1 Å². The maximum atomic E-state index is 12.4. The third-order valence-corrected chi connectivity index (χ3v) is 4.73. The maximum absolute atomic E-state index is 12.4. The molecule has 1 fully saturated rings. The van der Waals surface area contributed by atoms with Gasteiger partial charge in [0.1, 0.15) is 0 Å². The number of carbonyl (C=O) groups excluding carboxylic acids is 2. The third-order valence-electron chi connectivity index (χ3n) is 4.73. The second-order valence-electron chi connectivity index (χ2n) is 7.12. The molecule has 0 radical (unpaired) electrons. The zero-order valence-corrected chi connectivity index (χ0v) is 16.5. The molecule has 1 aliphatic carbocycles. The molecule has 2 aromatic heterocycles. The van der Waals surface area contributed by atoms with Crippen LogP contribution in [0.25, 0.3) is 5.69 Å². The molecule has 0 aliphatic heterocycles. The highest BCUT2D eigenvalue weighted by Gasteiger charge is 2.24. The van der Waals surface area contributed by atoms with Crippen molar-refractivity contribution in [3.63, 3.8) is 0 Å². The number of ether oxygens (including phenoxy) is 1. The Balaban J connectivity index is 1.47. The minimum Gasteiger partial charge on any atom is -0.405 e. The number of amides is 2. The number of nitrogens with zero attached hydrogens (tertiary/aromatic N) is 3. The van der Waals surface area contributed by atoms with Gasteiger partial charge in [0.2, 0.25) is 0 Å². The van der Waals surface area contributed by atoms with Gasteiger partial charge >= 0.3 is 6.09 Å². The number of benzene rings is 1. The van der Waals surface area contributed by atoms with E-state index in [0.717, 1.165) is 18.4 Å². The van der Waals surface area contributed by atoms with Crippen LogP contribution < -0.4 is 21.1 Å². The highest BCUT2D eigenvalue weighted by atomic mass is 16.6. The average Bonchev–Trinajstić information content (AvgIpc) is 3.50. The first kappa shape index (κ1) is 19.4. The molecule has 154 valence electrons. The summed E-state index contributed by atoms with van der Waals surface area (Å²) in [5.74, 6) is 0.154. The SMILES string of the molecule is Cc1ccc(C(=O)NC2CC2)cc1-n1ncc(OC(=O)NCc2ccccn2)c1N. The van der Waals surface area contributed by atoms with E-state index in [1.165, 1.54) is 10.9 Å². The first-order valence-electron chi connectivity index (χ1n) is 9.62. The number of nitrogens with one attached hydrogen (secondary N) is 2. The number of pyridine rings is 1. The van der Waals surface area contributed by atoms with Gasteiger partial charge in [-0.05, 0) is 49.6 Å². The van der Waals surface area contributed by atoms with Crippen molar-refractivity contribution in [2.75, 3.05) is 5.73 Å². The Morgan fingerprint density at radius 3 is 2.83 bits per heavy atom. The number of hydrogen-bond acceptors (Lipinski definition) is 6. The van der Waals surface area contributed by atoms with Gasteiger partial charge in [-0.2, -0.15) is 5.10 Å². The van der Waals surface area contributed by atoms with Crippen LogP contribution in [0.4, 0.5) is 10.6 Å². The minimum atomic E-state index is -0.666. The van der Waals surface area contributed by atoms with Crippen molar-refractivity contribution in [1.82, 2.24) is 25.4 Å². The second kappa shape index (κ2) is 8.24. The first-order chi connectivity index (χ1) is 14.5. The van der Waals surface area contributed by atoms with E-state index in [9.17, 15) is 9.59 Å². The lowest BCUT2D eigenvalue weighted by atomic mass is 10.1. The van der Waals surface area contributed by atoms with Crippen LogP contribution in [0, 0.1) is 6.92 Å². The molecule has 4 rings (SSSR count). The Morgan fingerprint density at radius 1 is 1.27 bits per heavy atom.